The third-order valence-corrected chi connectivity index (χ3v) is 6.32. The van der Waals surface area contributed by atoms with E-state index in [-0.39, 0.29) is 17.4 Å². The molecule has 0 bridgehead atoms. The molecule has 1 aromatic heterocycles. The van der Waals surface area contributed by atoms with E-state index in [9.17, 15) is 9.59 Å². The number of nitrogens with zero attached hydrogens (tertiary/aromatic N) is 3. The van der Waals surface area contributed by atoms with Crippen molar-refractivity contribution < 1.29 is 4.79 Å². The van der Waals surface area contributed by atoms with Crippen molar-refractivity contribution in [3.63, 3.8) is 0 Å². The maximum absolute atomic E-state index is 12.7. The zero-order valence-electron chi connectivity index (χ0n) is 17.7. The molecule has 1 saturated heterocycles. The van der Waals surface area contributed by atoms with Crippen LogP contribution < -0.4 is 15.8 Å². The molecule has 31 heavy (non-hydrogen) atoms. The largest absolute Gasteiger partial charge is 0.355 e. The number of carbonyl (C=O) groups is 1. The first kappa shape index (κ1) is 21.6. The SMILES string of the molecule is O=C(NCCC1=CCCCC1)[C@H]1CCCN(c2ccc(=O)n(-c3cccc(Cl)c3)n2)C1. The summed E-state index contributed by atoms with van der Waals surface area (Å²) in [6, 6.07) is 10.3. The van der Waals surface area contributed by atoms with E-state index in [0.717, 1.165) is 25.8 Å². The Bertz CT molecular complexity index is 1020. The number of allylic oxidation sites excluding steroid dienone is 1. The summed E-state index contributed by atoms with van der Waals surface area (Å²) >= 11 is 6.08. The monoisotopic (exact) mass is 440 g/mol. The normalized spacial score (nSPS) is 19.1. The molecule has 164 valence electrons. The van der Waals surface area contributed by atoms with Crippen LogP contribution in [0.15, 0.2) is 52.8 Å². The quantitative estimate of drug-likeness (QED) is 0.686. The number of nitrogens with one attached hydrogen (secondary N) is 1. The number of hydrogen-bond acceptors (Lipinski definition) is 4. The number of hydrogen-bond donors (Lipinski definition) is 1. The number of carbonyl (C=O) groups excluding carboxylic acids is 1. The van der Waals surface area contributed by atoms with Crippen LogP contribution in [0.4, 0.5) is 5.82 Å². The highest BCUT2D eigenvalue weighted by molar-refractivity contribution is 6.30. The lowest BCUT2D eigenvalue weighted by Crippen LogP contribution is -2.44. The highest BCUT2D eigenvalue weighted by Gasteiger charge is 2.26. The molecule has 2 aliphatic rings. The van der Waals surface area contributed by atoms with Gasteiger partial charge in [0, 0.05) is 30.7 Å². The molecule has 0 saturated carbocycles. The lowest BCUT2D eigenvalue weighted by Gasteiger charge is -2.33. The van der Waals surface area contributed by atoms with Gasteiger partial charge < -0.3 is 10.2 Å². The Morgan fingerprint density at radius 3 is 2.90 bits per heavy atom. The maximum Gasteiger partial charge on any atom is 0.271 e. The smallest absolute Gasteiger partial charge is 0.271 e. The first-order valence-corrected chi connectivity index (χ1v) is 11.5. The molecule has 1 atom stereocenters. The van der Waals surface area contributed by atoms with Crippen molar-refractivity contribution in [1.82, 2.24) is 15.1 Å². The molecule has 0 spiro atoms. The van der Waals surface area contributed by atoms with E-state index in [1.807, 2.05) is 0 Å². The molecule has 6 nitrogen and oxygen atoms in total. The van der Waals surface area contributed by atoms with Crippen molar-refractivity contribution in [2.75, 3.05) is 24.5 Å². The fraction of sp³-hybridized carbons (Fsp3) is 0.458. The van der Waals surface area contributed by atoms with E-state index in [2.05, 4.69) is 21.4 Å². The second-order valence-electron chi connectivity index (χ2n) is 8.36. The van der Waals surface area contributed by atoms with Crippen molar-refractivity contribution in [3.05, 3.63) is 63.4 Å². The minimum atomic E-state index is -0.214. The molecule has 0 radical (unpaired) electrons. The van der Waals surface area contributed by atoms with Gasteiger partial charge in [-0.05, 0) is 69.2 Å². The fourth-order valence-electron chi connectivity index (χ4n) is 4.38. The van der Waals surface area contributed by atoms with Crippen LogP contribution in [0.3, 0.4) is 0 Å². The average molecular weight is 441 g/mol. The molecule has 4 rings (SSSR count). The molecule has 1 N–H and O–H groups in total. The van der Waals surface area contributed by atoms with Gasteiger partial charge in [0.1, 0.15) is 5.82 Å². The number of rotatable bonds is 6. The second-order valence-corrected chi connectivity index (χ2v) is 8.79. The molecular formula is C24H29ClN4O2. The number of halogens is 1. The Hall–Kier alpha value is -2.60. The van der Waals surface area contributed by atoms with Crippen LogP contribution in [0.2, 0.25) is 5.02 Å². The molecule has 1 aliphatic heterocycles. The lowest BCUT2D eigenvalue weighted by atomic mass is 9.96. The number of piperidine rings is 1. The molecule has 1 amide bonds. The van der Waals surface area contributed by atoms with Crippen molar-refractivity contribution in [1.29, 1.82) is 0 Å². The van der Waals surface area contributed by atoms with Crippen molar-refractivity contribution >= 4 is 23.3 Å². The third kappa shape index (κ3) is 5.56. The van der Waals surface area contributed by atoms with Gasteiger partial charge >= 0.3 is 0 Å². The first-order valence-electron chi connectivity index (χ1n) is 11.2. The van der Waals surface area contributed by atoms with Gasteiger partial charge in [-0.15, -0.1) is 5.10 Å². The number of benzene rings is 1. The van der Waals surface area contributed by atoms with Crippen LogP contribution in [0.5, 0.6) is 0 Å². The Kier molecular flexibility index (Phi) is 7.07. The van der Waals surface area contributed by atoms with E-state index in [4.69, 9.17) is 11.6 Å². The standard InChI is InChI=1S/C24H29ClN4O2/c25-20-9-4-10-21(16-20)29-23(30)12-11-22(27-29)28-15-5-8-19(17-28)24(31)26-14-13-18-6-2-1-3-7-18/h4,6,9-12,16,19H,1-3,5,7-8,13-15,17H2,(H,26,31)/t19-/m0/s1. The molecule has 2 aromatic rings. The van der Waals surface area contributed by atoms with Crippen LogP contribution in [-0.2, 0) is 4.79 Å². The summed E-state index contributed by atoms with van der Waals surface area (Å²) in [4.78, 5) is 27.2. The zero-order chi connectivity index (χ0) is 21.6. The Labute approximate surface area is 187 Å². The van der Waals surface area contributed by atoms with Crippen LogP contribution in [-0.4, -0.2) is 35.3 Å². The minimum Gasteiger partial charge on any atom is -0.355 e. The van der Waals surface area contributed by atoms with Crippen molar-refractivity contribution in [2.24, 2.45) is 5.92 Å². The Balaban J connectivity index is 1.40. The summed E-state index contributed by atoms with van der Waals surface area (Å²) in [5.74, 6) is 0.746. The van der Waals surface area contributed by atoms with Gasteiger partial charge in [0.2, 0.25) is 5.91 Å². The predicted octanol–water partition coefficient (Wildman–Crippen LogP) is 4.11. The van der Waals surface area contributed by atoms with Gasteiger partial charge in [0.15, 0.2) is 0 Å². The molecule has 1 fully saturated rings. The van der Waals surface area contributed by atoms with E-state index in [1.165, 1.54) is 42.0 Å². The minimum absolute atomic E-state index is 0.0672. The first-order chi connectivity index (χ1) is 15.1. The number of anilines is 1. The Morgan fingerprint density at radius 2 is 2.10 bits per heavy atom. The maximum atomic E-state index is 12.7. The van der Waals surface area contributed by atoms with Gasteiger partial charge in [-0.1, -0.05) is 29.3 Å². The van der Waals surface area contributed by atoms with Gasteiger partial charge in [0.05, 0.1) is 11.6 Å². The molecular weight excluding hydrogens is 412 g/mol. The zero-order valence-corrected chi connectivity index (χ0v) is 18.5. The van der Waals surface area contributed by atoms with Crippen molar-refractivity contribution in [3.8, 4) is 5.69 Å². The molecule has 1 aliphatic carbocycles. The van der Waals surface area contributed by atoms with Crippen LogP contribution >= 0.6 is 11.6 Å². The highest BCUT2D eigenvalue weighted by atomic mass is 35.5. The fourth-order valence-corrected chi connectivity index (χ4v) is 4.57. The van der Waals surface area contributed by atoms with Crippen LogP contribution in [0.1, 0.15) is 44.9 Å². The van der Waals surface area contributed by atoms with Crippen molar-refractivity contribution in [2.45, 2.75) is 44.9 Å². The lowest BCUT2D eigenvalue weighted by molar-refractivity contribution is -0.125. The summed E-state index contributed by atoms with van der Waals surface area (Å²) in [5.41, 5.74) is 1.89. The topological polar surface area (TPSA) is 67.2 Å². The molecule has 0 unspecified atom stereocenters. The van der Waals surface area contributed by atoms with Crippen LogP contribution in [0, 0.1) is 5.92 Å². The summed E-state index contributed by atoms with van der Waals surface area (Å²) < 4.78 is 1.36. The van der Waals surface area contributed by atoms with Gasteiger partial charge in [-0.3, -0.25) is 9.59 Å². The summed E-state index contributed by atoms with van der Waals surface area (Å²) in [6.45, 7) is 2.13. The van der Waals surface area contributed by atoms with E-state index < -0.39 is 0 Å². The number of aromatic nitrogens is 2. The van der Waals surface area contributed by atoms with E-state index in [0.29, 0.717) is 29.6 Å². The van der Waals surface area contributed by atoms with E-state index in [1.54, 1.807) is 30.3 Å². The van der Waals surface area contributed by atoms with Gasteiger partial charge in [-0.2, -0.15) is 4.68 Å². The molecule has 7 heteroatoms. The Morgan fingerprint density at radius 1 is 1.19 bits per heavy atom. The summed E-state index contributed by atoms with van der Waals surface area (Å²) in [7, 11) is 0. The summed E-state index contributed by atoms with van der Waals surface area (Å²) in [5, 5.41) is 8.24. The van der Waals surface area contributed by atoms with Gasteiger partial charge in [0.25, 0.3) is 5.56 Å². The number of amides is 1. The van der Waals surface area contributed by atoms with E-state index >= 15 is 0 Å². The average Bonchev–Trinajstić information content (AvgIpc) is 2.80. The summed E-state index contributed by atoms with van der Waals surface area (Å²) in [6.07, 6.45) is 9.97. The molecule has 1 aromatic carbocycles. The van der Waals surface area contributed by atoms with Crippen LogP contribution in [0.25, 0.3) is 5.69 Å². The molecule has 2 heterocycles. The predicted molar refractivity (Wildman–Crippen MR) is 124 cm³/mol. The highest BCUT2D eigenvalue weighted by Crippen LogP contribution is 2.23. The second kappa shape index (κ2) is 10.1. The van der Waals surface area contributed by atoms with Gasteiger partial charge in [-0.25, -0.2) is 0 Å². The third-order valence-electron chi connectivity index (χ3n) is 6.09.